The zero-order valence-electron chi connectivity index (χ0n) is 12.2. The zero-order chi connectivity index (χ0) is 15.5. The number of ketones is 1. The van der Waals surface area contributed by atoms with Crippen molar-refractivity contribution in [3.05, 3.63) is 65.2 Å². The van der Waals surface area contributed by atoms with Crippen molar-refractivity contribution in [3.63, 3.8) is 0 Å². The molecule has 0 aliphatic carbocycles. The molecule has 0 atom stereocenters. The Hall–Kier alpha value is -1.82. The molecule has 5 heteroatoms. The average Bonchev–Trinajstić information content (AvgIpc) is 2.93. The highest BCUT2D eigenvalue weighted by atomic mass is 32.2. The van der Waals surface area contributed by atoms with Crippen molar-refractivity contribution in [1.29, 1.82) is 0 Å². The van der Waals surface area contributed by atoms with Gasteiger partial charge < -0.3 is 9.68 Å². The fourth-order valence-electron chi connectivity index (χ4n) is 2.36. The standard InChI is InChI=1S/C17H15BO3S/c1-22-15-7-5-13(6-8-15)17(19)9-3-12-2-4-14-11-21-18(20)16(14)10-12/h2-10,20H,11H2,1H3/b9-3+. The number of hydrogen-bond acceptors (Lipinski definition) is 4. The van der Waals surface area contributed by atoms with Gasteiger partial charge in [0.25, 0.3) is 0 Å². The largest absolute Gasteiger partial charge is 0.491 e. The predicted octanol–water partition coefficient (Wildman–Crippen LogP) is 2.52. The minimum Gasteiger partial charge on any atom is -0.423 e. The molecule has 3 rings (SSSR count). The lowest BCUT2D eigenvalue weighted by molar-refractivity contribution is 0.104. The van der Waals surface area contributed by atoms with Gasteiger partial charge in [-0.15, -0.1) is 11.8 Å². The number of carbonyl (C=O) groups excluding carboxylic acids is 1. The van der Waals surface area contributed by atoms with Crippen molar-refractivity contribution >= 4 is 36.2 Å². The summed E-state index contributed by atoms with van der Waals surface area (Å²) in [6, 6.07) is 13.2. The van der Waals surface area contributed by atoms with Crippen LogP contribution in [0.2, 0.25) is 0 Å². The van der Waals surface area contributed by atoms with Crippen LogP contribution in [0.4, 0.5) is 0 Å². The van der Waals surface area contributed by atoms with E-state index in [-0.39, 0.29) is 5.78 Å². The molecule has 0 aromatic heterocycles. The summed E-state index contributed by atoms with van der Waals surface area (Å²) >= 11 is 1.65. The highest BCUT2D eigenvalue weighted by Gasteiger charge is 2.26. The fourth-order valence-corrected chi connectivity index (χ4v) is 2.77. The maximum absolute atomic E-state index is 12.1. The Morgan fingerprint density at radius 1 is 1.27 bits per heavy atom. The molecular formula is C17H15BO3S. The number of fused-ring (bicyclic) bond motifs is 1. The molecule has 1 aliphatic rings. The summed E-state index contributed by atoms with van der Waals surface area (Å²) in [5.74, 6) is -0.0371. The molecule has 0 saturated carbocycles. The van der Waals surface area contributed by atoms with Gasteiger partial charge in [-0.2, -0.15) is 0 Å². The summed E-state index contributed by atoms with van der Waals surface area (Å²) in [7, 11) is -0.863. The molecule has 0 unspecified atom stereocenters. The second-order valence-electron chi connectivity index (χ2n) is 5.05. The van der Waals surface area contributed by atoms with Crippen LogP contribution in [0.15, 0.2) is 53.4 Å². The second kappa shape index (κ2) is 6.52. The number of thioether (sulfide) groups is 1. The average molecular weight is 310 g/mol. The highest BCUT2D eigenvalue weighted by molar-refractivity contribution is 7.98. The van der Waals surface area contributed by atoms with Crippen molar-refractivity contribution in [3.8, 4) is 0 Å². The quantitative estimate of drug-likeness (QED) is 0.408. The van der Waals surface area contributed by atoms with Gasteiger partial charge in [0.2, 0.25) is 0 Å². The van der Waals surface area contributed by atoms with E-state index in [1.165, 1.54) is 0 Å². The summed E-state index contributed by atoms with van der Waals surface area (Å²) in [5, 5.41) is 9.70. The molecule has 1 heterocycles. The summed E-state index contributed by atoms with van der Waals surface area (Å²) in [6.45, 7) is 0.432. The Labute approximate surface area is 134 Å². The lowest BCUT2D eigenvalue weighted by Crippen LogP contribution is -2.28. The monoisotopic (exact) mass is 310 g/mol. The first-order chi connectivity index (χ1) is 10.7. The minimum absolute atomic E-state index is 0.0371. The third kappa shape index (κ3) is 3.17. The molecular weight excluding hydrogens is 295 g/mol. The van der Waals surface area contributed by atoms with Crippen molar-refractivity contribution in [2.45, 2.75) is 11.5 Å². The maximum atomic E-state index is 12.1. The minimum atomic E-state index is -0.863. The van der Waals surface area contributed by atoms with Gasteiger partial charge in [0.1, 0.15) is 0 Å². The van der Waals surface area contributed by atoms with E-state index in [0.717, 1.165) is 21.5 Å². The number of carbonyl (C=O) groups is 1. The van der Waals surface area contributed by atoms with Gasteiger partial charge >= 0.3 is 7.12 Å². The maximum Gasteiger partial charge on any atom is 0.491 e. The molecule has 0 saturated heterocycles. The molecule has 0 fully saturated rings. The van der Waals surface area contributed by atoms with Crippen LogP contribution in [0, 0.1) is 0 Å². The topological polar surface area (TPSA) is 46.5 Å². The van der Waals surface area contributed by atoms with E-state index in [9.17, 15) is 9.82 Å². The van der Waals surface area contributed by atoms with Crippen LogP contribution >= 0.6 is 11.8 Å². The van der Waals surface area contributed by atoms with Crippen LogP contribution in [0.1, 0.15) is 21.5 Å². The summed E-state index contributed by atoms with van der Waals surface area (Å²) in [4.78, 5) is 13.3. The Morgan fingerprint density at radius 2 is 2.05 bits per heavy atom. The lowest BCUT2D eigenvalue weighted by Gasteiger charge is -2.01. The molecule has 2 aromatic rings. The third-order valence-corrected chi connectivity index (χ3v) is 4.38. The van der Waals surface area contributed by atoms with Gasteiger partial charge in [-0.1, -0.05) is 24.3 Å². The van der Waals surface area contributed by atoms with Crippen molar-refractivity contribution in [2.24, 2.45) is 0 Å². The van der Waals surface area contributed by atoms with Crippen LogP contribution in [0.3, 0.4) is 0 Å². The molecule has 2 aromatic carbocycles. The van der Waals surface area contributed by atoms with E-state index in [1.54, 1.807) is 23.9 Å². The van der Waals surface area contributed by atoms with Crippen molar-refractivity contribution in [1.82, 2.24) is 0 Å². The molecule has 3 nitrogen and oxygen atoms in total. The Morgan fingerprint density at radius 3 is 2.77 bits per heavy atom. The molecule has 0 bridgehead atoms. The van der Waals surface area contributed by atoms with E-state index in [4.69, 9.17) is 4.65 Å². The SMILES string of the molecule is CSc1ccc(C(=O)/C=C/c2ccc3c(c2)B(O)OC3)cc1. The number of rotatable bonds is 4. The number of hydrogen-bond donors (Lipinski definition) is 1. The smallest absolute Gasteiger partial charge is 0.423 e. The van der Waals surface area contributed by atoms with E-state index in [2.05, 4.69) is 0 Å². The third-order valence-electron chi connectivity index (χ3n) is 3.63. The van der Waals surface area contributed by atoms with E-state index < -0.39 is 7.12 Å². The molecule has 0 spiro atoms. The fraction of sp³-hybridized carbons (Fsp3) is 0.118. The van der Waals surface area contributed by atoms with Crippen molar-refractivity contribution in [2.75, 3.05) is 6.26 Å². The molecule has 22 heavy (non-hydrogen) atoms. The van der Waals surface area contributed by atoms with Gasteiger partial charge in [0.15, 0.2) is 5.78 Å². The number of benzene rings is 2. The van der Waals surface area contributed by atoms with Crippen LogP contribution in [0.5, 0.6) is 0 Å². The normalized spacial score (nSPS) is 13.6. The van der Waals surface area contributed by atoms with Gasteiger partial charge in [0, 0.05) is 10.5 Å². The van der Waals surface area contributed by atoms with Crippen molar-refractivity contribution < 1.29 is 14.5 Å². The zero-order valence-corrected chi connectivity index (χ0v) is 13.0. The van der Waals surface area contributed by atoms with Crippen LogP contribution in [-0.2, 0) is 11.3 Å². The van der Waals surface area contributed by atoms with E-state index in [1.807, 2.05) is 48.7 Å². The second-order valence-corrected chi connectivity index (χ2v) is 5.93. The summed E-state index contributed by atoms with van der Waals surface area (Å²) < 4.78 is 5.16. The molecule has 0 radical (unpaired) electrons. The first-order valence-electron chi connectivity index (χ1n) is 6.96. The number of allylic oxidation sites excluding steroid dienone is 1. The molecule has 110 valence electrons. The van der Waals surface area contributed by atoms with Gasteiger partial charge in [0.05, 0.1) is 6.61 Å². The first-order valence-corrected chi connectivity index (χ1v) is 8.19. The Kier molecular flexibility index (Phi) is 4.48. The van der Waals surface area contributed by atoms with Crippen LogP contribution in [0.25, 0.3) is 6.08 Å². The lowest BCUT2D eigenvalue weighted by atomic mass is 9.79. The summed E-state index contributed by atoms with van der Waals surface area (Å²) in [6.07, 6.45) is 5.32. The van der Waals surface area contributed by atoms with Gasteiger partial charge in [-0.05, 0) is 53.2 Å². The van der Waals surface area contributed by atoms with Crippen LogP contribution in [-0.4, -0.2) is 24.2 Å². The van der Waals surface area contributed by atoms with Gasteiger partial charge in [-0.3, -0.25) is 4.79 Å². The van der Waals surface area contributed by atoms with Gasteiger partial charge in [-0.25, -0.2) is 0 Å². The molecule has 1 N–H and O–H groups in total. The molecule has 1 aliphatic heterocycles. The molecule has 0 amide bonds. The predicted molar refractivity (Wildman–Crippen MR) is 90.4 cm³/mol. The summed E-state index contributed by atoms with van der Waals surface area (Å²) in [5.41, 5.74) is 3.30. The van der Waals surface area contributed by atoms with Crippen LogP contribution < -0.4 is 5.46 Å². The Bertz CT molecular complexity index is 725. The van der Waals surface area contributed by atoms with E-state index >= 15 is 0 Å². The Balaban J connectivity index is 1.76. The first kappa shape index (κ1) is 15.1. The highest BCUT2D eigenvalue weighted by Crippen LogP contribution is 2.16. The van der Waals surface area contributed by atoms with E-state index in [0.29, 0.717) is 12.2 Å².